The summed E-state index contributed by atoms with van der Waals surface area (Å²) in [7, 11) is -0.331. The van der Waals surface area contributed by atoms with Crippen LogP contribution in [-0.4, -0.2) is 42.6 Å². The number of hydrogen-bond donors (Lipinski definition) is 0. The van der Waals surface area contributed by atoms with E-state index < -0.39 is 15.8 Å². The molecule has 0 amide bonds. The van der Waals surface area contributed by atoms with E-state index in [1.807, 2.05) is 6.92 Å². The summed E-state index contributed by atoms with van der Waals surface area (Å²) < 4.78 is 30.8. The molecule has 1 aromatic heterocycles. The fourth-order valence-corrected chi connectivity index (χ4v) is 4.53. The molecule has 8 heteroatoms. The monoisotopic (exact) mass is 354 g/mol. The summed E-state index contributed by atoms with van der Waals surface area (Å²) in [5.41, 5.74) is 1.35. The summed E-state index contributed by atoms with van der Waals surface area (Å²) in [5, 5.41) is 0.574. The number of aryl methyl sites for hydroxylation is 1. The second-order valence-electron chi connectivity index (χ2n) is 4.96. The summed E-state index contributed by atoms with van der Waals surface area (Å²) >= 11 is 1.29. The van der Waals surface area contributed by atoms with Crippen molar-refractivity contribution in [3.05, 3.63) is 41.7 Å². The molecule has 0 N–H and O–H groups in total. The predicted molar refractivity (Wildman–Crippen MR) is 88.5 cm³/mol. The van der Waals surface area contributed by atoms with E-state index in [9.17, 15) is 13.2 Å². The molecule has 0 saturated carbocycles. The fourth-order valence-electron chi connectivity index (χ4n) is 1.93. The topological polar surface area (TPSA) is 78.3 Å². The van der Waals surface area contributed by atoms with E-state index in [1.165, 1.54) is 25.1 Å². The summed E-state index contributed by atoms with van der Waals surface area (Å²) in [4.78, 5) is 15.9. The molecule has 6 nitrogen and oxygen atoms in total. The molecule has 2 rings (SSSR count). The minimum Gasteiger partial charge on any atom is -0.464 e. The molecule has 0 aliphatic carbocycles. The van der Waals surface area contributed by atoms with Crippen LogP contribution in [0.2, 0.25) is 0 Å². The van der Waals surface area contributed by atoms with Gasteiger partial charge in [0.25, 0.3) is 0 Å². The predicted octanol–water partition coefficient (Wildman–Crippen LogP) is 2.08. The van der Waals surface area contributed by atoms with Crippen molar-refractivity contribution >= 4 is 27.6 Å². The highest BCUT2D eigenvalue weighted by molar-refractivity contribution is 8.00. The van der Waals surface area contributed by atoms with Crippen LogP contribution in [0.3, 0.4) is 0 Å². The van der Waals surface area contributed by atoms with Gasteiger partial charge in [0.05, 0.1) is 24.0 Å². The van der Waals surface area contributed by atoms with E-state index in [1.54, 1.807) is 35.9 Å². The molecule has 23 heavy (non-hydrogen) atoms. The lowest BCUT2D eigenvalue weighted by Gasteiger charge is -2.06. The Bertz CT molecular complexity index is 795. The van der Waals surface area contributed by atoms with Crippen LogP contribution in [0.25, 0.3) is 0 Å². The van der Waals surface area contributed by atoms with Crippen molar-refractivity contribution in [3.8, 4) is 0 Å². The molecule has 0 radical (unpaired) electrons. The first-order valence-corrected chi connectivity index (χ1v) is 9.51. The molecule has 1 aromatic carbocycles. The summed E-state index contributed by atoms with van der Waals surface area (Å²) in [6.45, 7) is 1.91. The maximum Gasteiger partial charge on any atom is 0.356 e. The van der Waals surface area contributed by atoms with E-state index in [0.29, 0.717) is 21.5 Å². The highest BCUT2D eigenvalue weighted by Crippen LogP contribution is 2.20. The second kappa shape index (κ2) is 7.18. The number of carbonyl (C=O) groups excluding carboxylic acids is 1. The number of nitrogens with zero attached hydrogens (tertiary/aromatic N) is 2. The maximum absolute atomic E-state index is 12.3. The van der Waals surface area contributed by atoms with Gasteiger partial charge >= 0.3 is 5.97 Å². The Hall–Kier alpha value is -1.80. The van der Waals surface area contributed by atoms with Crippen LogP contribution in [-0.2, 0) is 21.6 Å². The van der Waals surface area contributed by atoms with Crippen LogP contribution in [0, 0.1) is 6.92 Å². The molecule has 2 aromatic rings. The number of carbonyl (C=O) groups is 1. The van der Waals surface area contributed by atoms with Crippen LogP contribution in [0.5, 0.6) is 0 Å². The smallest absolute Gasteiger partial charge is 0.356 e. The normalized spacial score (nSPS) is 11.4. The van der Waals surface area contributed by atoms with Gasteiger partial charge in [-0.25, -0.2) is 18.2 Å². The molecule has 0 unspecified atom stereocenters. The van der Waals surface area contributed by atoms with E-state index in [4.69, 9.17) is 0 Å². The van der Waals surface area contributed by atoms with Crippen LogP contribution >= 0.6 is 11.8 Å². The number of hydrogen-bond acceptors (Lipinski definition) is 6. The molecule has 0 atom stereocenters. The molecule has 0 aliphatic heterocycles. The van der Waals surface area contributed by atoms with Crippen LogP contribution < -0.4 is 0 Å². The van der Waals surface area contributed by atoms with Crippen LogP contribution in [0.15, 0.2) is 40.5 Å². The number of ether oxygens (including phenoxy) is 1. The number of esters is 1. The Kier molecular flexibility index (Phi) is 5.48. The first kappa shape index (κ1) is 17.6. The summed E-state index contributed by atoms with van der Waals surface area (Å²) in [6.07, 6.45) is 1.42. The van der Waals surface area contributed by atoms with Crippen molar-refractivity contribution in [2.45, 2.75) is 17.0 Å². The molecule has 0 fully saturated rings. The zero-order chi connectivity index (χ0) is 17.0. The van der Waals surface area contributed by atoms with Gasteiger partial charge in [-0.3, -0.25) is 0 Å². The van der Waals surface area contributed by atoms with Gasteiger partial charge < -0.3 is 9.30 Å². The zero-order valence-electron chi connectivity index (χ0n) is 13.1. The average Bonchev–Trinajstić information content (AvgIpc) is 2.88. The standard InChI is InChI=1S/C15H18N2O4S2/c1-11-4-6-12(7-5-11)23(19,20)9-8-22-15-16-10-13(17(15)2)14(18)21-3/h4-7,10H,8-9H2,1-3H3. The first-order valence-electron chi connectivity index (χ1n) is 6.87. The van der Waals surface area contributed by atoms with E-state index in [0.717, 1.165) is 5.56 Å². The van der Waals surface area contributed by atoms with Crippen molar-refractivity contribution in [2.24, 2.45) is 7.05 Å². The SMILES string of the molecule is COC(=O)c1cnc(SCCS(=O)(=O)c2ccc(C)cc2)n1C. The van der Waals surface area contributed by atoms with E-state index >= 15 is 0 Å². The second-order valence-corrected chi connectivity index (χ2v) is 8.13. The Balaban J connectivity index is 2.01. The molecular formula is C15H18N2O4S2. The number of aromatic nitrogens is 2. The average molecular weight is 354 g/mol. The van der Waals surface area contributed by atoms with Crippen molar-refractivity contribution in [1.82, 2.24) is 9.55 Å². The molecule has 0 spiro atoms. The lowest BCUT2D eigenvalue weighted by atomic mass is 10.2. The molecule has 1 heterocycles. The Morgan fingerprint density at radius 2 is 1.96 bits per heavy atom. The van der Waals surface area contributed by atoms with Crippen molar-refractivity contribution < 1.29 is 17.9 Å². The number of methoxy groups -OCH3 is 1. The minimum absolute atomic E-state index is 0.00114. The Morgan fingerprint density at radius 3 is 2.57 bits per heavy atom. The highest BCUT2D eigenvalue weighted by atomic mass is 32.2. The van der Waals surface area contributed by atoms with Gasteiger partial charge in [-0.05, 0) is 19.1 Å². The molecule has 0 bridgehead atoms. The third kappa shape index (κ3) is 4.14. The van der Waals surface area contributed by atoms with Gasteiger partial charge in [-0.1, -0.05) is 29.5 Å². The van der Waals surface area contributed by atoms with E-state index in [2.05, 4.69) is 9.72 Å². The van der Waals surface area contributed by atoms with Crippen molar-refractivity contribution in [1.29, 1.82) is 0 Å². The first-order chi connectivity index (χ1) is 10.8. The van der Waals surface area contributed by atoms with Crippen LogP contribution in [0.4, 0.5) is 0 Å². The lowest BCUT2D eigenvalue weighted by molar-refractivity contribution is 0.0589. The van der Waals surface area contributed by atoms with E-state index in [-0.39, 0.29) is 5.75 Å². The lowest BCUT2D eigenvalue weighted by Crippen LogP contribution is -2.10. The molecule has 0 saturated heterocycles. The van der Waals surface area contributed by atoms with Gasteiger partial charge in [0.2, 0.25) is 0 Å². The third-order valence-corrected chi connectivity index (χ3v) is 6.34. The largest absolute Gasteiger partial charge is 0.464 e. The number of sulfone groups is 1. The van der Waals surface area contributed by atoms with Gasteiger partial charge in [-0.15, -0.1) is 0 Å². The highest BCUT2D eigenvalue weighted by Gasteiger charge is 2.17. The zero-order valence-corrected chi connectivity index (χ0v) is 14.8. The fraction of sp³-hybridized carbons (Fsp3) is 0.333. The quantitative estimate of drug-likeness (QED) is 0.584. The number of imidazole rings is 1. The number of rotatable bonds is 6. The number of benzene rings is 1. The Morgan fingerprint density at radius 1 is 1.30 bits per heavy atom. The van der Waals surface area contributed by atoms with Gasteiger partial charge in [0, 0.05) is 12.8 Å². The number of thioether (sulfide) groups is 1. The summed E-state index contributed by atoms with van der Waals surface area (Å²) in [6, 6.07) is 6.79. The van der Waals surface area contributed by atoms with Crippen molar-refractivity contribution in [2.75, 3.05) is 18.6 Å². The van der Waals surface area contributed by atoms with Gasteiger partial charge in [0.15, 0.2) is 15.0 Å². The minimum atomic E-state index is -3.32. The third-order valence-electron chi connectivity index (χ3n) is 3.30. The molecular weight excluding hydrogens is 336 g/mol. The molecule has 124 valence electrons. The summed E-state index contributed by atoms with van der Waals surface area (Å²) in [5.74, 6) is -0.123. The van der Waals surface area contributed by atoms with Gasteiger partial charge in [-0.2, -0.15) is 0 Å². The molecule has 0 aliphatic rings. The van der Waals surface area contributed by atoms with Gasteiger partial charge in [0.1, 0.15) is 5.69 Å². The maximum atomic E-state index is 12.3. The van der Waals surface area contributed by atoms with Crippen molar-refractivity contribution in [3.63, 3.8) is 0 Å². The van der Waals surface area contributed by atoms with Crippen LogP contribution in [0.1, 0.15) is 16.1 Å². The Labute approximate surface area is 139 Å².